The van der Waals surface area contributed by atoms with Crippen LogP contribution < -0.4 is 5.32 Å². The summed E-state index contributed by atoms with van der Waals surface area (Å²) in [6, 6.07) is 1.62. The number of rotatable bonds is 1. The summed E-state index contributed by atoms with van der Waals surface area (Å²) in [7, 11) is 0. The van der Waals surface area contributed by atoms with Gasteiger partial charge in [-0.15, -0.1) is 12.4 Å². The summed E-state index contributed by atoms with van der Waals surface area (Å²) in [5.41, 5.74) is 2.05. The molecule has 0 aromatic carbocycles. The standard InChI is InChI=1S/C8H8N2O2.ClH/c11-8(12)5-3-7-6(10-4-5)1-2-9-7;/h3-4,9H,1-2H2,(H,11,12);1H. The molecule has 0 saturated heterocycles. The quantitative estimate of drug-likeness (QED) is 0.715. The summed E-state index contributed by atoms with van der Waals surface area (Å²) in [4.78, 5) is 14.6. The lowest BCUT2D eigenvalue weighted by Crippen LogP contribution is -1.98. The van der Waals surface area contributed by atoms with E-state index in [2.05, 4.69) is 10.3 Å². The number of pyridine rings is 1. The summed E-state index contributed by atoms with van der Waals surface area (Å²) < 4.78 is 0. The van der Waals surface area contributed by atoms with Crippen molar-refractivity contribution in [1.82, 2.24) is 4.98 Å². The number of carboxylic acids is 1. The lowest BCUT2D eigenvalue weighted by Gasteiger charge is -1.99. The number of halogens is 1. The normalized spacial score (nSPS) is 12.6. The number of fused-ring (bicyclic) bond motifs is 1. The van der Waals surface area contributed by atoms with E-state index < -0.39 is 5.97 Å². The van der Waals surface area contributed by atoms with Crippen molar-refractivity contribution in [3.05, 3.63) is 23.5 Å². The minimum atomic E-state index is -0.931. The maximum absolute atomic E-state index is 10.5. The molecule has 0 unspecified atom stereocenters. The molecule has 2 rings (SSSR count). The van der Waals surface area contributed by atoms with Crippen LogP contribution in [0.2, 0.25) is 0 Å². The number of anilines is 1. The van der Waals surface area contributed by atoms with Crippen LogP contribution in [0.1, 0.15) is 16.1 Å². The van der Waals surface area contributed by atoms with Crippen LogP contribution in [0.25, 0.3) is 0 Å². The third-order valence-corrected chi connectivity index (χ3v) is 1.89. The van der Waals surface area contributed by atoms with E-state index >= 15 is 0 Å². The predicted octanol–water partition coefficient (Wildman–Crippen LogP) is 1.17. The predicted molar refractivity (Wildman–Crippen MR) is 50.6 cm³/mol. The summed E-state index contributed by atoms with van der Waals surface area (Å²) >= 11 is 0. The van der Waals surface area contributed by atoms with Crippen molar-refractivity contribution in [3.63, 3.8) is 0 Å². The number of carbonyl (C=O) groups is 1. The van der Waals surface area contributed by atoms with Crippen LogP contribution in [0.5, 0.6) is 0 Å². The van der Waals surface area contributed by atoms with E-state index in [9.17, 15) is 4.79 Å². The van der Waals surface area contributed by atoms with Gasteiger partial charge >= 0.3 is 5.97 Å². The van der Waals surface area contributed by atoms with Gasteiger partial charge in [0, 0.05) is 19.2 Å². The second kappa shape index (κ2) is 3.62. The number of nitrogens with one attached hydrogen (secondary N) is 1. The van der Waals surface area contributed by atoms with E-state index in [1.165, 1.54) is 6.20 Å². The van der Waals surface area contributed by atoms with Crippen molar-refractivity contribution in [2.45, 2.75) is 6.42 Å². The number of aromatic nitrogens is 1. The highest BCUT2D eigenvalue weighted by Crippen LogP contribution is 2.20. The Morgan fingerprint density at radius 3 is 3.08 bits per heavy atom. The minimum absolute atomic E-state index is 0. The fourth-order valence-corrected chi connectivity index (χ4v) is 1.28. The molecule has 1 aromatic rings. The molecule has 2 heterocycles. The van der Waals surface area contributed by atoms with Crippen molar-refractivity contribution >= 4 is 24.1 Å². The maximum atomic E-state index is 10.5. The third-order valence-electron chi connectivity index (χ3n) is 1.89. The Balaban J connectivity index is 0.000000845. The van der Waals surface area contributed by atoms with Gasteiger partial charge in [-0.3, -0.25) is 4.98 Å². The van der Waals surface area contributed by atoms with Crippen molar-refractivity contribution in [2.24, 2.45) is 0 Å². The fourth-order valence-electron chi connectivity index (χ4n) is 1.28. The minimum Gasteiger partial charge on any atom is -0.478 e. The van der Waals surface area contributed by atoms with Gasteiger partial charge in [-0.1, -0.05) is 0 Å². The van der Waals surface area contributed by atoms with Gasteiger partial charge < -0.3 is 10.4 Å². The number of hydrogen-bond acceptors (Lipinski definition) is 3. The molecule has 0 spiro atoms. The Kier molecular flexibility index (Phi) is 2.72. The fraction of sp³-hybridized carbons (Fsp3) is 0.250. The van der Waals surface area contributed by atoms with Crippen molar-refractivity contribution < 1.29 is 9.90 Å². The van der Waals surface area contributed by atoms with Crippen molar-refractivity contribution in [1.29, 1.82) is 0 Å². The molecule has 0 saturated carbocycles. The van der Waals surface area contributed by atoms with E-state index in [1.54, 1.807) is 6.07 Å². The molecule has 2 N–H and O–H groups in total. The molecule has 0 atom stereocenters. The molecule has 0 fully saturated rings. The number of carboxylic acid groups (broad SMARTS) is 1. The van der Waals surface area contributed by atoms with E-state index in [0.717, 1.165) is 24.3 Å². The Labute approximate surface area is 81.4 Å². The van der Waals surface area contributed by atoms with Crippen LogP contribution in [0.4, 0.5) is 5.69 Å². The second-order valence-corrected chi connectivity index (χ2v) is 2.70. The van der Waals surface area contributed by atoms with E-state index in [0.29, 0.717) is 0 Å². The molecule has 1 aromatic heterocycles. The van der Waals surface area contributed by atoms with Gasteiger partial charge in [0.25, 0.3) is 0 Å². The first-order valence-electron chi connectivity index (χ1n) is 3.73. The Morgan fingerprint density at radius 2 is 2.38 bits per heavy atom. The highest BCUT2D eigenvalue weighted by molar-refractivity contribution is 5.88. The summed E-state index contributed by atoms with van der Waals surface area (Å²) in [6.45, 7) is 0.853. The van der Waals surface area contributed by atoms with Crippen LogP contribution in [0.3, 0.4) is 0 Å². The molecular formula is C8H9ClN2O2. The zero-order chi connectivity index (χ0) is 8.55. The largest absolute Gasteiger partial charge is 0.478 e. The van der Waals surface area contributed by atoms with Gasteiger partial charge in [-0.2, -0.15) is 0 Å². The molecule has 13 heavy (non-hydrogen) atoms. The smallest absolute Gasteiger partial charge is 0.337 e. The van der Waals surface area contributed by atoms with Gasteiger partial charge in [0.05, 0.1) is 16.9 Å². The molecule has 5 heteroatoms. The Bertz CT molecular complexity index is 341. The third kappa shape index (κ3) is 1.72. The van der Waals surface area contributed by atoms with Gasteiger partial charge in [-0.25, -0.2) is 4.79 Å². The molecule has 0 bridgehead atoms. The highest BCUT2D eigenvalue weighted by Gasteiger charge is 2.13. The summed E-state index contributed by atoms with van der Waals surface area (Å²) in [5.74, 6) is -0.931. The number of nitrogens with zero attached hydrogens (tertiary/aromatic N) is 1. The van der Waals surface area contributed by atoms with Gasteiger partial charge in [0.1, 0.15) is 0 Å². The van der Waals surface area contributed by atoms with E-state index in [4.69, 9.17) is 5.11 Å². The molecule has 4 nitrogen and oxygen atoms in total. The second-order valence-electron chi connectivity index (χ2n) is 2.70. The van der Waals surface area contributed by atoms with Gasteiger partial charge in [0.15, 0.2) is 0 Å². The first-order chi connectivity index (χ1) is 5.77. The van der Waals surface area contributed by atoms with Crippen LogP contribution in [-0.4, -0.2) is 22.6 Å². The number of hydrogen-bond donors (Lipinski definition) is 2. The van der Waals surface area contributed by atoms with Crippen molar-refractivity contribution in [2.75, 3.05) is 11.9 Å². The van der Waals surface area contributed by atoms with Gasteiger partial charge in [-0.05, 0) is 6.07 Å². The summed E-state index contributed by atoms with van der Waals surface area (Å²) in [5, 5.41) is 11.7. The van der Waals surface area contributed by atoms with Crippen LogP contribution in [0.15, 0.2) is 12.3 Å². The Morgan fingerprint density at radius 1 is 1.62 bits per heavy atom. The molecule has 0 amide bonds. The molecule has 1 aliphatic heterocycles. The monoisotopic (exact) mass is 200 g/mol. The SMILES string of the molecule is Cl.O=C(O)c1cnc2c(c1)NCC2. The molecule has 0 radical (unpaired) electrons. The van der Waals surface area contributed by atoms with E-state index in [1.807, 2.05) is 0 Å². The molecule has 1 aliphatic rings. The highest BCUT2D eigenvalue weighted by atomic mass is 35.5. The zero-order valence-corrected chi connectivity index (χ0v) is 7.60. The first kappa shape index (κ1) is 9.80. The van der Waals surface area contributed by atoms with Crippen LogP contribution >= 0.6 is 12.4 Å². The van der Waals surface area contributed by atoms with Crippen molar-refractivity contribution in [3.8, 4) is 0 Å². The van der Waals surface area contributed by atoms with Crippen LogP contribution in [0, 0.1) is 0 Å². The van der Waals surface area contributed by atoms with Crippen LogP contribution in [-0.2, 0) is 6.42 Å². The summed E-state index contributed by atoms with van der Waals surface area (Å²) in [6.07, 6.45) is 2.28. The lowest BCUT2D eigenvalue weighted by molar-refractivity contribution is 0.0696. The molecule has 70 valence electrons. The maximum Gasteiger partial charge on any atom is 0.337 e. The zero-order valence-electron chi connectivity index (χ0n) is 6.78. The molecule has 0 aliphatic carbocycles. The molecular weight excluding hydrogens is 192 g/mol. The van der Waals surface area contributed by atoms with E-state index in [-0.39, 0.29) is 18.0 Å². The Hall–Kier alpha value is -1.29. The average Bonchev–Trinajstić information content (AvgIpc) is 2.49. The number of aromatic carboxylic acids is 1. The lowest BCUT2D eigenvalue weighted by atomic mass is 10.2. The topological polar surface area (TPSA) is 62.2 Å². The average molecular weight is 201 g/mol. The first-order valence-corrected chi connectivity index (χ1v) is 3.73. The van der Waals surface area contributed by atoms with Gasteiger partial charge in [0.2, 0.25) is 0 Å².